The first kappa shape index (κ1) is 14.0. The van der Waals surface area contributed by atoms with E-state index in [0.717, 1.165) is 22.5 Å². The Labute approximate surface area is 128 Å². The van der Waals surface area contributed by atoms with Gasteiger partial charge in [-0.15, -0.1) is 5.10 Å². The Balaban J connectivity index is 2.13. The van der Waals surface area contributed by atoms with Crippen molar-refractivity contribution < 1.29 is 4.79 Å². The minimum Gasteiger partial charge on any atom is -0.358 e. The average Bonchev–Trinajstić information content (AvgIpc) is 3.00. The van der Waals surface area contributed by atoms with Crippen molar-refractivity contribution in [3.63, 3.8) is 0 Å². The summed E-state index contributed by atoms with van der Waals surface area (Å²) in [5, 5.41) is 11.1. The normalized spacial score (nSPS) is 10.4. The first-order valence-corrected chi connectivity index (χ1v) is 7.04. The van der Waals surface area contributed by atoms with Crippen molar-refractivity contribution in [2.45, 2.75) is 6.54 Å². The van der Waals surface area contributed by atoms with E-state index in [1.807, 2.05) is 60.7 Å². The Bertz CT molecular complexity index is 766. The minimum atomic E-state index is -0.110. The van der Waals surface area contributed by atoms with E-state index in [-0.39, 0.29) is 12.5 Å². The Morgan fingerprint density at radius 1 is 1.00 bits per heavy atom. The molecule has 1 amide bonds. The van der Waals surface area contributed by atoms with Gasteiger partial charge in [-0.25, -0.2) is 4.68 Å². The number of aromatic nitrogens is 3. The van der Waals surface area contributed by atoms with Gasteiger partial charge in [-0.1, -0.05) is 65.9 Å². The van der Waals surface area contributed by atoms with Crippen LogP contribution in [-0.2, 0) is 11.3 Å². The number of rotatable bonds is 4. The van der Waals surface area contributed by atoms with Crippen LogP contribution in [0.2, 0.25) is 0 Å². The van der Waals surface area contributed by atoms with Crippen molar-refractivity contribution in [3.05, 3.63) is 60.7 Å². The molecule has 2 aromatic carbocycles. The lowest BCUT2D eigenvalue weighted by Gasteiger charge is -2.08. The van der Waals surface area contributed by atoms with Crippen molar-refractivity contribution in [1.82, 2.24) is 20.3 Å². The van der Waals surface area contributed by atoms with Crippen LogP contribution in [-0.4, -0.2) is 27.9 Å². The molecule has 0 unspecified atom stereocenters. The molecule has 0 saturated heterocycles. The zero-order valence-corrected chi connectivity index (χ0v) is 12.2. The molecule has 0 aliphatic heterocycles. The van der Waals surface area contributed by atoms with Crippen LogP contribution in [0, 0.1) is 0 Å². The largest absolute Gasteiger partial charge is 0.358 e. The SMILES string of the molecule is CNC(=O)Cn1nnc(-c2ccccc2)c1-c1ccccc1. The summed E-state index contributed by atoms with van der Waals surface area (Å²) in [5.74, 6) is -0.110. The lowest BCUT2D eigenvalue weighted by Crippen LogP contribution is -2.24. The minimum absolute atomic E-state index is 0.110. The number of hydrogen-bond acceptors (Lipinski definition) is 3. The number of hydrogen-bond donors (Lipinski definition) is 1. The Kier molecular flexibility index (Phi) is 3.96. The van der Waals surface area contributed by atoms with Crippen LogP contribution < -0.4 is 5.32 Å². The molecule has 0 fully saturated rings. The zero-order valence-electron chi connectivity index (χ0n) is 12.2. The van der Waals surface area contributed by atoms with Gasteiger partial charge in [-0.05, 0) is 0 Å². The molecule has 1 heterocycles. The van der Waals surface area contributed by atoms with Crippen molar-refractivity contribution in [3.8, 4) is 22.5 Å². The molecule has 0 radical (unpaired) electrons. The van der Waals surface area contributed by atoms with Gasteiger partial charge in [0, 0.05) is 18.2 Å². The summed E-state index contributed by atoms with van der Waals surface area (Å²) in [6.07, 6.45) is 0. The highest BCUT2D eigenvalue weighted by Gasteiger charge is 2.17. The number of nitrogens with one attached hydrogen (secondary N) is 1. The fourth-order valence-electron chi connectivity index (χ4n) is 2.31. The lowest BCUT2D eigenvalue weighted by molar-refractivity contribution is -0.121. The first-order chi connectivity index (χ1) is 10.8. The first-order valence-electron chi connectivity index (χ1n) is 7.04. The fraction of sp³-hybridized carbons (Fsp3) is 0.118. The molecular weight excluding hydrogens is 276 g/mol. The van der Waals surface area contributed by atoms with Gasteiger partial charge in [0.15, 0.2) is 0 Å². The summed E-state index contributed by atoms with van der Waals surface area (Å²) < 4.78 is 1.64. The second-order valence-corrected chi connectivity index (χ2v) is 4.85. The maximum absolute atomic E-state index is 11.7. The van der Waals surface area contributed by atoms with Gasteiger partial charge in [0.25, 0.3) is 0 Å². The van der Waals surface area contributed by atoms with E-state index in [1.54, 1.807) is 11.7 Å². The summed E-state index contributed by atoms with van der Waals surface area (Å²) in [7, 11) is 1.61. The molecule has 3 rings (SSSR count). The van der Waals surface area contributed by atoms with Gasteiger partial charge in [0.2, 0.25) is 5.91 Å². The van der Waals surface area contributed by atoms with Crippen LogP contribution >= 0.6 is 0 Å². The van der Waals surface area contributed by atoms with E-state index in [0.29, 0.717) is 0 Å². The molecule has 1 aromatic heterocycles. The molecule has 110 valence electrons. The second kappa shape index (κ2) is 6.22. The van der Waals surface area contributed by atoms with E-state index in [1.165, 1.54) is 0 Å². The molecule has 0 atom stereocenters. The highest BCUT2D eigenvalue weighted by molar-refractivity contribution is 5.80. The molecule has 0 aliphatic rings. The summed E-state index contributed by atoms with van der Waals surface area (Å²) in [6.45, 7) is 0.139. The topological polar surface area (TPSA) is 59.8 Å². The van der Waals surface area contributed by atoms with Crippen molar-refractivity contribution >= 4 is 5.91 Å². The Morgan fingerprint density at radius 2 is 1.59 bits per heavy atom. The van der Waals surface area contributed by atoms with E-state index < -0.39 is 0 Å². The van der Waals surface area contributed by atoms with Crippen molar-refractivity contribution in [1.29, 1.82) is 0 Å². The molecule has 22 heavy (non-hydrogen) atoms. The number of carbonyl (C=O) groups is 1. The molecule has 5 heteroatoms. The monoisotopic (exact) mass is 292 g/mol. The lowest BCUT2D eigenvalue weighted by atomic mass is 10.0. The highest BCUT2D eigenvalue weighted by atomic mass is 16.1. The van der Waals surface area contributed by atoms with Gasteiger partial charge >= 0.3 is 0 Å². The zero-order chi connectivity index (χ0) is 15.4. The highest BCUT2D eigenvalue weighted by Crippen LogP contribution is 2.29. The molecule has 0 saturated carbocycles. The number of benzene rings is 2. The molecule has 3 aromatic rings. The third-order valence-electron chi connectivity index (χ3n) is 3.40. The smallest absolute Gasteiger partial charge is 0.241 e. The van der Waals surface area contributed by atoms with E-state index in [4.69, 9.17) is 0 Å². The molecule has 0 bridgehead atoms. The van der Waals surface area contributed by atoms with E-state index in [9.17, 15) is 4.79 Å². The van der Waals surface area contributed by atoms with Gasteiger partial charge in [0.1, 0.15) is 12.2 Å². The van der Waals surface area contributed by atoms with Crippen LogP contribution in [0.3, 0.4) is 0 Å². The standard InChI is InChI=1S/C17H16N4O/c1-18-15(22)12-21-17(14-10-6-3-7-11-14)16(19-20-21)13-8-4-2-5-9-13/h2-11H,12H2,1H3,(H,18,22). The summed E-state index contributed by atoms with van der Waals surface area (Å²) in [4.78, 5) is 11.7. The Morgan fingerprint density at radius 3 is 2.18 bits per heavy atom. The van der Waals surface area contributed by atoms with Crippen LogP contribution in [0.5, 0.6) is 0 Å². The van der Waals surface area contributed by atoms with Gasteiger partial charge in [0.05, 0.1) is 5.69 Å². The van der Waals surface area contributed by atoms with Crippen molar-refractivity contribution in [2.24, 2.45) is 0 Å². The van der Waals surface area contributed by atoms with Gasteiger partial charge in [-0.3, -0.25) is 4.79 Å². The van der Waals surface area contributed by atoms with Gasteiger partial charge in [-0.2, -0.15) is 0 Å². The maximum Gasteiger partial charge on any atom is 0.241 e. The van der Waals surface area contributed by atoms with E-state index in [2.05, 4.69) is 15.6 Å². The van der Waals surface area contributed by atoms with Crippen molar-refractivity contribution in [2.75, 3.05) is 7.05 Å². The van der Waals surface area contributed by atoms with E-state index >= 15 is 0 Å². The number of carbonyl (C=O) groups excluding carboxylic acids is 1. The quantitative estimate of drug-likeness (QED) is 0.803. The third kappa shape index (κ3) is 2.74. The molecule has 5 nitrogen and oxygen atoms in total. The van der Waals surface area contributed by atoms with Crippen LogP contribution in [0.25, 0.3) is 22.5 Å². The molecule has 1 N–H and O–H groups in total. The van der Waals surface area contributed by atoms with Crippen LogP contribution in [0.1, 0.15) is 0 Å². The summed E-state index contributed by atoms with van der Waals surface area (Å²) >= 11 is 0. The average molecular weight is 292 g/mol. The molecule has 0 spiro atoms. The van der Waals surface area contributed by atoms with Crippen LogP contribution in [0.4, 0.5) is 0 Å². The number of likely N-dealkylation sites (N-methyl/N-ethyl adjacent to an activating group) is 1. The third-order valence-corrected chi connectivity index (χ3v) is 3.40. The maximum atomic E-state index is 11.7. The number of nitrogens with zero attached hydrogens (tertiary/aromatic N) is 3. The fourth-order valence-corrected chi connectivity index (χ4v) is 2.31. The predicted molar refractivity (Wildman–Crippen MR) is 85.0 cm³/mol. The van der Waals surface area contributed by atoms with Gasteiger partial charge < -0.3 is 5.32 Å². The summed E-state index contributed by atoms with van der Waals surface area (Å²) in [5.41, 5.74) is 3.57. The Hall–Kier alpha value is -2.95. The molecule has 0 aliphatic carbocycles. The second-order valence-electron chi connectivity index (χ2n) is 4.85. The predicted octanol–water partition coefficient (Wildman–Crippen LogP) is 2.36. The summed E-state index contributed by atoms with van der Waals surface area (Å²) in [6, 6.07) is 19.7. The molecular formula is C17H16N4O. The number of amides is 1. The van der Waals surface area contributed by atoms with Crippen LogP contribution in [0.15, 0.2) is 60.7 Å².